The second-order valence-electron chi connectivity index (χ2n) is 11.6. The van der Waals surface area contributed by atoms with Crippen molar-refractivity contribution in [2.24, 2.45) is 5.41 Å². The van der Waals surface area contributed by atoms with Crippen LogP contribution in [0, 0.1) is 19.3 Å². The molecule has 0 unspecified atom stereocenters. The molecule has 1 amide bonds. The highest BCUT2D eigenvalue weighted by atomic mass is 16.5. The summed E-state index contributed by atoms with van der Waals surface area (Å²) in [6.07, 6.45) is 0.418. The van der Waals surface area contributed by atoms with Crippen molar-refractivity contribution >= 4 is 23.3 Å². The van der Waals surface area contributed by atoms with Crippen molar-refractivity contribution in [2.45, 2.75) is 48.0 Å². The first-order chi connectivity index (χ1) is 18.8. The van der Waals surface area contributed by atoms with Gasteiger partial charge in [-0.25, -0.2) is 0 Å². The van der Waals surface area contributed by atoms with E-state index in [9.17, 15) is 9.59 Å². The van der Waals surface area contributed by atoms with E-state index in [0.717, 1.165) is 33.6 Å². The fourth-order valence-corrected chi connectivity index (χ4v) is 4.53. The minimum atomic E-state index is -0.437. The first-order valence-corrected chi connectivity index (χ1v) is 13.4. The van der Waals surface area contributed by atoms with Gasteiger partial charge in [0.25, 0.3) is 0 Å². The van der Waals surface area contributed by atoms with E-state index in [2.05, 4.69) is 5.32 Å². The Morgan fingerprint density at radius 2 is 1.55 bits per heavy atom. The lowest BCUT2D eigenvalue weighted by Gasteiger charge is -2.17. The Hall–Kier alpha value is -4.39. The normalized spacial score (nSPS) is 11.3. The first-order valence-electron chi connectivity index (χ1n) is 13.4. The maximum atomic E-state index is 12.5. The van der Waals surface area contributed by atoms with Gasteiger partial charge in [-0.1, -0.05) is 57.2 Å². The molecule has 0 atom stereocenters. The number of carbonyl (C=O) groups is 2. The van der Waals surface area contributed by atoms with E-state index in [1.165, 1.54) is 6.92 Å². The maximum absolute atomic E-state index is 12.5. The van der Waals surface area contributed by atoms with Crippen molar-refractivity contribution < 1.29 is 14.3 Å². The summed E-state index contributed by atoms with van der Waals surface area (Å²) >= 11 is 0. The molecular formula is C33H38N4O3. The molecule has 208 valence electrons. The number of amides is 1. The zero-order valence-electron chi connectivity index (χ0n) is 24.6. The minimum Gasteiger partial charge on any atom is -0.407 e. The molecule has 0 saturated carbocycles. The molecule has 0 fully saturated rings. The Morgan fingerprint density at radius 3 is 2.12 bits per heavy atom. The Labute approximate surface area is 236 Å². The van der Waals surface area contributed by atoms with E-state index < -0.39 is 5.97 Å². The Kier molecular flexibility index (Phi) is 8.14. The lowest BCUT2D eigenvalue weighted by atomic mass is 9.92. The molecule has 40 heavy (non-hydrogen) atoms. The number of rotatable bonds is 7. The Bertz CT molecular complexity index is 1530. The number of aromatic nitrogens is 2. The van der Waals surface area contributed by atoms with Crippen molar-refractivity contribution in [2.75, 3.05) is 24.3 Å². The van der Waals surface area contributed by atoms with Crippen molar-refractivity contribution in [3.05, 3.63) is 77.9 Å². The minimum absolute atomic E-state index is 0.0368. The van der Waals surface area contributed by atoms with Crippen LogP contribution in [-0.4, -0.2) is 35.8 Å². The topological polar surface area (TPSA) is 76.5 Å². The summed E-state index contributed by atoms with van der Waals surface area (Å²) in [6.45, 7) is 11.5. The monoisotopic (exact) mass is 538 g/mol. The Morgan fingerprint density at radius 1 is 0.925 bits per heavy atom. The lowest BCUT2D eigenvalue weighted by Crippen LogP contribution is -2.19. The van der Waals surface area contributed by atoms with Crippen LogP contribution in [0.3, 0.4) is 0 Å². The van der Waals surface area contributed by atoms with Gasteiger partial charge in [0.05, 0.1) is 11.3 Å². The SMILES string of the molecule is CC(=O)Oc1c(-c2ccc(NC(=O)CC(C)(C)C)cc2)c(-c2ccc(N(C)C)cc2)nn1-c1cc(C)ccc1C. The number of nitrogens with one attached hydrogen (secondary N) is 1. The van der Waals surface area contributed by atoms with Crippen molar-refractivity contribution in [3.63, 3.8) is 0 Å². The fourth-order valence-electron chi connectivity index (χ4n) is 4.53. The molecule has 0 aliphatic carbocycles. The number of benzene rings is 3. The van der Waals surface area contributed by atoms with E-state index >= 15 is 0 Å². The summed E-state index contributed by atoms with van der Waals surface area (Å²) in [4.78, 5) is 26.9. The molecule has 7 nitrogen and oxygen atoms in total. The third-order valence-corrected chi connectivity index (χ3v) is 6.48. The Balaban J connectivity index is 1.89. The van der Waals surface area contributed by atoms with Gasteiger partial charge in [0.2, 0.25) is 11.8 Å². The highest BCUT2D eigenvalue weighted by molar-refractivity contribution is 5.92. The molecule has 0 radical (unpaired) electrons. The van der Waals surface area contributed by atoms with Crippen LogP contribution >= 0.6 is 0 Å². The highest BCUT2D eigenvalue weighted by Crippen LogP contribution is 2.42. The zero-order valence-corrected chi connectivity index (χ0v) is 24.6. The van der Waals surface area contributed by atoms with Crippen LogP contribution in [0.4, 0.5) is 11.4 Å². The molecule has 0 aliphatic rings. The average Bonchev–Trinajstić information content (AvgIpc) is 3.23. The number of anilines is 2. The molecular weight excluding hydrogens is 500 g/mol. The van der Waals surface area contributed by atoms with Crippen LogP contribution in [0.2, 0.25) is 0 Å². The van der Waals surface area contributed by atoms with E-state index in [-0.39, 0.29) is 11.3 Å². The third-order valence-electron chi connectivity index (χ3n) is 6.48. The van der Waals surface area contributed by atoms with Gasteiger partial charge in [-0.05, 0) is 66.3 Å². The molecule has 0 bridgehead atoms. The number of esters is 1. The van der Waals surface area contributed by atoms with Gasteiger partial charge >= 0.3 is 5.97 Å². The maximum Gasteiger partial charge on any atom is 0.309 e. The van der Waals surface area contributed by atoms with Gasteiger partial charge < -0.3 is 15.0 Å². The zero-order chi connectivity index (χ0) is 29.2. The van der Waals surface area contributed by atoms with E-state index in [1.54, 1.807) is 4.68 Å². The molecule has 4 aromatic rings. The molecule has 4 rings (SSSR count). The van der Waals surface area contributed by atoms with Crippen LogP contribution in [0.1, 0.15) is 45.2 Å². The summed E-state index contributed by atoms with van der Waals surface area (Å²) < 4.78 is 7.59. The van der Waals surface area contributed by atoms with Crippen LogP contribution in [0.5, 0.6) is 5.88 Å². The van der Waals surface area contributed by atoms with Gasteiger partial charge in [-0.2, -0.15) is 9.78 Å². The number of hydrogen-bond acceptors (Lipinski definition) is 5. The number of ether oxygens (including phenoxy) is 1. The molecule has 7 heteroatoms. The van der Waals surface area contributed by atoms with Gasteiger partial charge in [-0.3, -0.25) is 9.59 Å². The van der Waals surface area contributed by atoms with Crippen molar-refractivity contribution in [1.82, 2.24) is 9.78 Å². The molecule has 1 heterocycles. The number of hydrogen-bond donors (Lipinski definition) is 1. The first kappa shape index (κ1) is 28.6. The van der Waals surface area contributed by atoms with Crippen molar-refractivity contribution in [3.8, 4) is 34.0 Å². The average molecular weight is 539 g/mol. The van der Waals surface area contributed by atoms with E-state index in [0.29, 0.717) is 29.2 Å². The molecule has 1 aromatic heterocycles. The van der Waals surface area contributed by atoms with E-state index in [1.807, 2.05) is 120 Å². The van der Waals surface area contributed by atoms with Gasteiger partial charge in [-0.15, -0.1) is 0 Å². The summed E-state index contributed by atoms with van der Waals surface area (Å²) in [7, 11) is 3.99. The van der Waals surface area contributed by atoms with Crippen LogP contribution < -0.4 is 15.0 Å². The summed E-state index contributed by atoms with van der Waals surface area (Å²) in [5.41, 5.74) is 7.64. The number of nitrogens with zero attached hydrogens (tertiary/aromatic N) is 3. The van der Waals surface area contributed by atoms with Gasteiger partial charge in [0, 0.05) is 44.4 Å². The quantitative estimate of drug-likeness (QED) is 0.252. The molecule has 1 N–H and O–H groups in total. The van der Waals surface area contributed by atoms with Crippen LogP contribution in [0.15, 0.2) is 66.7 Å². The standard InChI is InChI=1S/C33H38N4O3/c1-21-9-10-22(2)28(19-21)37-32(40-23(3)38)30(31(35-37)25-13-17-27(18-14-25)36(7)8)24-11-15-26(16-12-24)34-29(39)20-33(4,5)6/h9-19H,20H2,1-8H3,(H,34,39). The molecule has 0 aliphatic heterocycles. The number of carbonyl (C=O) groups excluding carboxylic acids is 2. The third kappa shape index (κ3) is 6.60. The second kappa shape index (κ2) is 11.4. The summed E-state index contributed by atoms with van der Waals surface area (Å²) in [6, 6.07) is 21.8. The smallest absolute Gasteiger partial charge is 0.309 e. The van der Waals surface area contributed by atoms with E-state index in [4.69, 9.17) is 9.84 Å². The molecule has 0 spiro atoms. The number of aryl methyl sites for hydroxylation is 2. The highest BCUT2D eigenvalue weighted by Gasteiger charge is 2.25. The lowest BCUT2D eigenvalue weighted by molar-refractivity contribution is -0.132. The second-order valence-corrected chi connectivity index (χ2v) is 11.6. The summed E-state index contributed by atoms with van der Waals surface area (Å²) in [5.74, 6) is -0.129. The molecule has 0 saturated heterocycles. The van der Waals surface area contributed by atoms with Crippen LogP contribution in [-0.2, 0) is 9.59 Å². The fraction of sp³-hybridized carbons (Fsp3) is 0.303. The molecule has 3 aromatic carbocycles. The van der Waals surface area contributed by atoms with Gasteiger partial charge in [0.15, 0.2) is 0 Å². The largest absolute Gasteiger partial charge is 0.407 e. The van der Waals surface area contributed by atoms with Crippen LogP contribution in [0.25, 0.3) is 28.1 Å². The summed E-state index contributed by atoms with van der Waals surface area (Å²) in [5, 5.41) is 8.01. The van der Waals surface area contributed by atoms with Crippen molar-refractivity contribution in [1.29, 1.82) is 0 Å². The predicted molar refractivity (Wildman–Crippen MR) is 162 cm³/mol. The predicted octanol–water partition coefficient (Wildman–Crippen LogP) is 7.19. The van der Waals surface area contributed by atoms with Gasteiger partial charge in [0.1, 0.15) is 5.69 Å².